The molecule has 3 heteroatoms. The molecule has 1 saturated heterocycles. The van der Waals surface area contributed by atoms with E-state index >= 15 is 0 Å². The molecule has 0 saturated carbocycles. The zero-order valence-corrected chi connectivity index (χ0v) is 11.8. The molecule has 1 atom stereocenters. The van der Waals surface area contributed by atoms with E-state index in [1.807, 2.05) is 7.05 Å². The maximum atomic E-state index is 10.5. The fourth-order valence-corrected chi connectivity index (χ4v) is 2.76. The van der Waals surface area contributed by atoms with E-state index < -0.39 is 5.60 Å². The molecular formula is C14H30N2O. The van der Waals surface area contributed by atoms with Crippen molar-refractivity contribution in [2.24, 2.45) is 0 Å². The van der Waals surface area contributed by atoms with Crippen LogP contribution in [0, 0.1) is 0 Å². The predicted octanol–water partition coefficient (Wildman–Crippen LogP) is 2.00. The van der Waals surface area contributed by atoms with Gasteiger partial charge in [-0.05, 0) is 52.2 Å². The van der Waals surface area contributed by atoms with Crippen LogP contribution in [0.5, 0.6) is 0 Å². The number of rotatable bonds is 7. The Morgan fingerprint density at radius 1 is 1.29 bits per heavy atom. The van der Waals surface area contributed by atoms with E-state index in [9.17, 15) is 5.11 Å². The monoisotopic (exact) mass is 242 g/mol. The third-order valence-electron chi connectivity index (χ3n) is 4.29. The van der Waals surface area contributed by atoms with Crippen LogP contribution in [-0.2, 0) is 0 Å². The van der Waals surface area contributed by atoms with Gasteiger partial charge in [-0.2, -0.15) is 0 Å². The minimum Gasteiger partial charge on any atom is -0.389 e. The van der Waals surface area contributed by atoms with Gasteiger partial charge < -0.3 is 10.4 Å². The number of piperidine rings is 1. The number of β-amino-alcohol motifs (C(OH)–C–C–N with tert-alkyl or cyclic N) is 1. The Hall–Kier alpha value is -0.120. The van der Waals surface area contributed by atoms with Crippen LogP contribution in [0.4, 0.5) is 0 Å². The van der Waals surface area contributed by atoms with Gasteiger partial charge in [-0.15, -0.1) is 0 Å². The average molecular weight is 242 g/mol. The summed E-state index contributed by atoms with van der Waals surface area (Å²) in [5, 5.41) is 13.7. The van der Waals surface area contributed by atoms with Crippen molar-refractivity contribution in [3.8, 4) is 0 Å². The van der Waals surface area contributed by atoms with Gasteiger partial charge in [-0.25, -0.2) is 0 Å². The van der Waals surface area contributed by atoms with Crippen molar-refractivity contribution in [1.29, 1.82) is 0 Å². The van der Waals surface area contributed by atoms with Gasteiger partial charge in [0.15, 0.2) is 0 Å². The van der Waals surface area contributed by atoms with Crippen LogP contribution in [0.2, 0.25) is 0 Å². The summed E-state index contributed by atoms with van der Waals surface area (Å²) >= 11 is 0. The van der Waals surface area contributed by atoms with Gasteiger partial charge in [0.05, 0.1) is 5.60 Å². The SMILES string of the molecule is CCC(O)(CC)CN1CCCCC1CCNC. The van der Waals surface area contributed by atoms with Gasteiger partial charge in [0.25, 0.3) is 0 Å². The van der Waals surface area contributed by atoms with Gasteiger partial charge >= 0.3 is 0 Å². The first-order valence-corrected chi connectivity index (χ1v) is 7.26. The van der Waals surface area contributed by atoms with E-state index in [4.69, 9.17) is 0 Å². The molecule has 0 amide bonds. The third kappa shape index (κ3) is 4.57. The number of hydrogen-bond acceptors (Lipinski definition) is 3. The van der Waals surface area contributed by atoms with Crippen LogP contribution in [0.3, 0.4) is 0 Å². The first kappa shape index (κ1) is 14.9. The molecule has 1 aliphatic heterocycles. The lowest BCUT2D eigenvalue weighted by Gasteiger charge is -2.40. The summed E-state index contributed by atoms with van der Waals surface area (Å²) < 4.78 is 0. The van der Waals surface area contributed by atoms with E-state index in [0.29, 0.717) is 6.04 Å². The summed E-state index contributed by atoms with van der Waals surface area (Å²) in [6.45, 7) is 7.29. The second kappa shape index (κ2) is 7.34. The molecule has 0 spiro atoms. The van der Waals surface area contributed by atoms with Crippen LogP contribution in [-0.4, -0.2) is 48.3 Å². The van der Waals surface area contributed by atoms with Crippen molar-refractivity contribution < 1.29 is 5.11 Å². The van der Waals surface area contributed by atoms with Gasteiger partial charge in [-0.1, -0.05) is 20.3 Å². The first-order chi connectivity index (χ1) is 8.15. The molecule has 1 aliphatic rings. The molecule has 1 unspecified atom stereocenters. The second-order valence-corrected chi connectivity index (χ2v) is 5.44. The molecule has 0 bridgehead atoms. The normalized spacial score (nSPS) is 22.9. The average Bonchev–Trinajstić information content (AvgIpc) is 2.37. The molecule has 0 aromatic carbocycles. The molecular weight excluding hydrogens is 212 g/mol. The molecule has 0 aromatic rings. The lowest BCUT2D eigenvalue weighted by atomic mass is 9.92. The fourth-order valence-electron chi connectivity index (χ4n) is 2.76. The molecule has 102 valence electrons. The van der Waals surface area contributed by atoms with Crippen molar-refractivity contribution in [2.45, 2.75) is 64.0 Å². The highest BCUT2D eigenvalue weighted by Crippen LogP contribution is 2.24. The van der Waals surface area contributed by atoms with E-state index in [2.05, 4.69) is 24.1 Å². The van der Waals surface area contributed by atoms with Crippen molar-refractivity contribution in [2.75, 3.05) is 26.7 Å². The fraction of sp³-hybridized carbons (Fsp3) is 1.00. The smallest absolute Gasteiger partial charge is 0.0769 e. The number of hydrogen-bond donors (Lipinski definition) is 2. The Bertz CT molecular complexity index is 204. The summed E-state index contributed by atoms with van der Waals surface area (Å²) in [6, 6.07) is 0.667. The van der Waals surface area contributed by atoms with Crippen LogP contribution >= 0.6 is 0 Å². The summed E-state index contributed by atoms with van der Waals surface area (Å²) in [5.74, 6) is 0. The Kier molecular flexibility index (Phi) is 6.45. The standard InChI is InChI=1S/C14H30N2O/c1-4-14(17,5-2)12-16-11-7-6-8-13(16)9-10-15-3/h13,15,17H,4-12H2,1-3H3. The van der Waals surface area contributed by atoms with Crippen molar-refractivity contribution in [3.63, 3.8) is 0 Å². The molecule has 1 rings (SSSR count). The van der Waals surface area contributed by atoms with E-state index in [0.717, 1.165) is 32.5 Å². The Labute approximate surface area is 107 Å². The Balaban J connectivity index is 2.52. The van der Waals surface area contributed by atoms with Crippen LogP contribution in [0.15, 0.2) is 0 Å². The van der Waals surface area contributed by atoms with Crippen LogP contribution in [0.1, 0.15) is 52.4 Å². The maximum absolute atomic E-state index is 10.5. The number of aliphatic hydroxyl groups is 1. The quantitative estimate of drug-likeness (QED) is 0.717. The molecule has 0 aliphatic carbocycles. The molecule has 0 aromatic heterocycles. The van der Waals surface area contributed by atoms with Crippen molar-refractivity contribution >= 4 is 0 Å². The molecule has 17 heavy (non-hydrogen) atoms. The summed E-state index contributed by atoms with van der Waals surface area (Å²) in [5.41, 5.74) is -0.477. The van der Waals surface area contributed by atoms with Crippen LogP contribution < -0.4 is 5.32 Å². The van der Waals surface area contributed by atoms with Gasteiger partial charge in [-0.3, -0.25) is 4.90 Å². The molecule has 2 N–H and O–H groups in total. The lowest BCUT2D eigenvalue weighted by Crippen LogP contribution is -2.49. The van der Waals surface area contributed by atoms with E-state index in [1.165, 1.54) is 25.7 Å². The largest absolute Gasteiger partial charge is 0.389 e. The first-order valence-electron chi connectivity index (χ1n) is 7.26. The van der Waals surface area contributed by atoms with Crippen molar-refractivity contribution in [1.82, 2.24) is 10.2 Å². The van der Waals surface area contributed by atoms with Gasteiger partial charge in [0, 0.05) is 12.6 Å². The lowest BCUT2D eigenvalue weighted by molar-refractivity contribution is -0.0237. The Morgan fingerprint density at radius 2 is 2.00 bits per heavy atom. The minimum atomic E-state index is -0.477. The minimum absolute atomic E-state index is 0.477. The summed E-state index contributed by atoms with van der Waals surface area (Å²) in [7, 11) is 2.02. The zero-order valence-electron chi connectivity index (χ0n) is 11.8. The molecule has 1 fully saturated rings. The zero-order chi connectivity index (χ0) is 12.7. The van der Waals surface area contributed by atoms with Gasteiger partial charge in [0.2, 0.25) is 0 Å². The summed E-state index contributed by atoms with van der Waals surface area (Å²) in [4.78, 5) is 2.52. The van der Waals surface area contributed by atoms with Crippen molar-refractivity contribution in [3.05, 3.63) is 0 Å². The van der Waals surface area contributed by atoms with E-state index in [-0.39, 0.29) is 0 Å². The third-order valence-corrected chi connectivity index (χ3v) is 4.29. The Morgan fingerprint density at radius 3 is 2.59 bits per heavy atom. The number of likely N-dealkylation sites (tertiary alicyclic amines) is 1. The molecule has 1 heterocycles. The maximum Gasteiger partial charge on any atom is 0.0769 e. The van der Waals surface area contributed by atoms with E-state index in [1.54, 1.807) is 0 Å². The predicted molar refractivity (Wildman–Crippen MR) is 73.3 cm³/mol. The van der Waals surface area contributed by atoms with Crippen LogP contribution in [0.25, 0.3) is 0 Å². The molecule has 3 nitrogen and oxygen atoms in total. The van der Waals surface area contributed by atoms with Gasteiger partial charge in [0.1, 0.15) is 0 Å². The number of nitrogens with zero attached hydrogens (tertiary/aromatic N) is 1. The summed E-state index contributed by atoms with van der Waals surface area (Å²) in [6.07, 6.45) is 6.86. The molecule has 0 radical (unpaired) electrons. The highest BCUT2D eigenvalue weighted by molar-refractivity contribution is 4.85. The topological polar surface area (TPSA) is 35.5 Å². The highest BCUT2D eigenvalue weighted by atomic mass is 16.3. The second-order valence-electron chi connectivity index (χ2n) is 5.44. The number of nitrogens with one attached hydrogen (secondary N) is 1. The highest BCUT2D eigenvalue weighted by Gasteiger charge is 2.30.